The van der Waals surface area contributed by atoms with Gasteiger partial charge in [0, 0.05) is 37.1 Å². The molecule has 2 rings (SSSR count). The number of nitrogens with zero attached hydrogens (tertiary/aromatic N) is 2. The van der Waals surface area contributed by atoms with Crippen molar-refractivity contribution >= 4 is 15.5 Å². The van der Waals surface area contributed by atoms with Gasteiger partial charge in [-0.1, -0.05) is 0 Å². The maximum atomic E-state index is 11.6. The van der Waals surface area contributed by atoms with Crippen molar-refractivity contribution in [2.75, 3.05) is 23.5 Å². The first kappa shape index (κ1) is 16.2. The largest absolute Gasteiger partial charge is 0.370 e. The summed E-state index contributed by atoms with van der Waals surface area (Å²) in [6.07, 6.45) is 2.49. The zero-order valence-corrected chi connectivity index (χ0v) is 14.1. The summed E-state index contributed by atoms with van der Waals surface area (Å²) in [6.45, 7) is 7.05. The Labute approximate surface area is 127 Å². The Morgan fingerprint density at radius 2 is 2.14 bits per heavy atom. The average molecular weight is 311 g/mol. The van der Waals surface area contributed by atoms with Gasteiger partial charge in [-0.15, -0.1) is 0 Å². The zero-order valence-electron chi connectivity index (χ0n) is 13.3. The molecule has 1 fully saturated rings. The molecule has 1 atom stereocenters. The molecule has 0 saturated carbocycles. The quantitative estimate of drug-likeness (QED) is 0.915. The van der Waals surface area contributed by atoms with Gasteiger partial charge in [-0.3, -0.25) is 4.98 Å². The van der Waals surface area contributed by atoms with Crippen LogP contribution in [0.3, 0.4) is 0 Å². The van der Waals surface area contributed by atoms with Crippen molar-refractivity contribution in [3.63, 3.8) is 0 Å². The fourth-order valence-electron chi connectivity index (χ4n) is 2.43. The van der Waals surface area contributed by atoms with Gasteiger partial charge >= 0.3 is 0 Å². The molecule has 2 heterocycles. The highest BCUT2D eigenvalue weighted by Gasteiger charge is 2.30. The van der Waals surface area contributed by atoms with Gasteiger partial charge in [0.2, 0.25) is 0 Å². The smallest absolute Gasteiger partial charge is 0.152 e. The monoisotopic (exact) mass is 311 g/mol. The van der Waals surface area contributed by atoms with E-state index in [0.717, 1.165) is 11.4 Å². The predicted octanol–water partition coefficient (Wildman–Crippen LogP) is 1.59. The summed E-state index contributed by atoms with van der Waals surface area (Å²) in [5.74, 6) is 0.549. The van der Waals surface area contributed by atoms with E-state index >= 15 is 0 Å². The number of aromatic nitrogens is 1. The molecule has 1 aliphatic rings. The molecular formula is C15H25N3O2S. The number of rotatable bonds is 4. The van der Waals surface area contributed by atoms with Crippen LogP contribution in [0.15, 0.2) is 18.3 Å². The standard InChI is InChI=1S/C15H25N3O2S/c1-15(2,3)17-10-12-9-13(5-7-16-12)18(4)14-6-8-21(19,20)11-14/h5,7,9,14,17H,6,8,10-11H2,1-4H3. The maximum Gasteiger partial charge on any atom is 0.152 e. The molecule has 1 aliphatic heterocycles. The van der Waals surface area contributed by atoms with E-state index in [0.29, 0.717) is 18.7 Å². The van der Waals surface area contributed by atoms with Crippen LogP contribution < -0.4 is 10.2 Å². The first-order valence-corrected chi connectivity index (χ1v) is 9.12. The molecule has 1 N–H and O–H groups in total. The Hall–Kier alpha value is -1.14. The van der Waals surface area contributed by atoms with E-state index in [9.17, 15) is 8.42 Å². The summed E-state index contributed by atoms with van der Waals surface area (Å²) in [6, 6.07) is 4.04. The highest BCUT2D eigenvalue weighted by atomic mass is 32.2. The molecule has 6 heteroatoms. The average Bonchev–Trinajstić information content (AvgIpc) is 2.75. The van der Waals surface area contributed by atoms with Gasteiger partial charge in [-0.2, -0.15) is 0 Å². The molecular weight excluding hydrogens is 286 g/mol. The minimum Gasteiger partial charge on any atom is -0.370 e. The molecule has 1 unspecified atom stereocenters. The third-order valence-corrected chi connectivity index (χ3v) is 5.51. The first-order chi connectivity index (χ1) is 9.66. The molecule has 21 heavy (non-hydrogen) atoms. The normalized spacial score (nSPS) is 21.4. The van der Waals surface area contributed by atoms with Crippen molar-refractivity contribution in [3.8, 4) is 0 Å². The molecule has 1 saturated heterocycles. The van der Waals surface area contributed by atoms with E-state index in [2.05, 4.69) is 36.0 Å². The van der Waals surface area contributed by atoms with Gasteiger partial charge in [0.25, 0.3) is 0 Å². The topological polar surface area (TPSA) is 62.3 Å². The van der Waals surface area contributed by atoms with Crippen LogP contribution in [0.1, 0.15) is 32.9 Å². The van der Waals surface area contributed by atoms with Crippen LogP contribution in [0.25, 0.3) is 0 Å². The summed E-state index contributed by atoms with van der Waals surface area (Å²) in [4.78, 5) is 6.43. The lowest BCUT2D eigenvalue weighted by Crippen LogP contribution is -2.35. The van der Waals surface area contributed by atoms with E-state index in [4.69, 9.17) is 0 Å². The number of hydrogen-bond donors (Lipinski definition) is 1. The molecule has 0 aromatic carbocycles. The van der Waals surface area contributed by atoms with Gasteiger partial charge < -0.3 is 10.2 Å². The molecule has 1 aromatic heterocycles. The number of sulfone groups is 1. The number of nitrogens with one attached hydrogen (secondary N) is 1. The van der Waals surface area contributed by atoms with Crippen LogP contribution in [0.2, 0.25) is 0 Å². The summed E-state index contributed by atoms with van der Waals surface area (Å²) in [5.41, 5.74) is 2.04. The van der Waals surface area contributed by atoms with Crippen LogP contribution in [0.5, 0.6) is 0 Å². The van der Waals surface area contributed by atoms with Crippen molar-refractivity contribution in [3.05, 3.63) is 24.0 Å². The molecule has 118 valence electrons. The van der Waals surface area contributed by atoms with Crippen molar-refractivity contribution in [1.82, 2.24) is 10.3 Å². The zero-order chi connectivity index (χ0) is 15.7. The summed E-state index contributed by atoms with van der Waals surface area (Å²) in [5, 5.41) is 3.41. The molecule has 1 aromatic rings. The summed E-state index contributed by atoms with van der Waals surface area (Å²) in [7, 11) is -0.898. The Morgan fingerprint density at radius 3 is 2.71 bits per heavy atom. The second kappa shape index (κ2) is 5.93. The van der Waals surface area contributed by atoms with Crippen molar-refractivity contribution in [2.45, 2.75) is 45.3 Å². The third kappa shape index (κ3) is 4.68. The fourth-order valence-corrected chi connectivity index (χ4v) is 4.20. The van der Waals surface area contributed by atoms with Crippen LogP contribution >= 0.6 is 0 Å². The van der Waals surface area contributed by atoms with Gasteiger partial charge in [-0.25, -0.2) is 8.42 Å². The minimum absolute atomic E-state index is 0.0448. The predicted molar refractivity (Wildman–Crippen MR) is 86.3 cm³/mol. The summed E-state index contributed by atoms with van der Waals surface area (Å²) < 4.78 is 23.2. The maximum absolute atomic E-state index is 11.6. The Balaban J connectivity index is 2.06. The number of pyridine rings is 1. The lowest BCUT2D eigenvalue weighted by Gasteiger charge is -2.26. The second-order valence-corrected chi connectivity index (χ2v) is 9.01. The molecule has 0 aliphatic carbocycles. The lowest BCUT2D eigenvalue weighted by atomic mass is 10.1. The Bertz CT molecular complexity index is 593. The molecule has 5 nitrogen and oxygen atoms in total. The number of hydrogen-bond acceptors (Lipinski definition) is 5. The second-order valence-electron chi connectivity index (χ2n) is 6.78. The van der Waals surface area contributed by atoms with Crippen LogP contribution in [-0.2, 0) is 16.4 Å². The van der Waals surface area contributed by atoms with E-state index in [1.54, 1.807) is 6.20 Å². The van der Waals surface area contributed by atoms with Crippen LogP contribution in [0, 0.1) is 0 Å². The van der Waals surface area contributed by atoms with Gasteiger partial charge in [0.05, 0.1) is 17.2 Å². The third-order valence-electron chi connectivity index (χ3n) is 3.76. The first-order valence-electron chi connectivity index (χ1n) is 7.29. The van der Waals surface area contributed by atoms with Crippen molar-refractivity contribution in [2.24, 2.45) is 0 Å². The van der Waals surface area contributed by atoms with E-state index in [-0.39, 0.29) is 17.3 Å². The number of anilines is 1. The summed E-state index contributed by atoms with van der Waals surface area (Å²) >= 11 is 0. The SMILES string of the molecule is CN(c1ccnc(CNC(C)(C)C)c1)C1CCS(=O)(=O)C1. The van der Waals surface area contributed by atoms with Crippen LogP contribution in [0.4, 0.5) is 5.69 Å². The highest BCUT2D eigenvalue weighted by molar-refractivity contribution is 7.91. The molecule has 0 spiro atoms. The fraction of sp³-hybridized carbons (Fsp3) is 0.667. The molecule has 0 bridgehead atoms. The molecule has 0 amide bonds. The molecule has 0 radical (unpaired) electrons. The van der Waals surface area contributed by atoms with Gasteiger partial charge in [0.1, 0.15) is 0 Å². The van der Waals surface area contributed by atoms with Crippen molar-refractivity contribution in [1.29, 1.82) is 0 Å². The van der Waals surface area contributed by atoms with Gasteiger partial charge in [-0.05, 0) is 39.3 Å². The highest BCUT2D eigenvalue weighted by Crippen LogP contribution is 2.23. The van der Waals surface area contributed by atoms with E-state index in [1.165, 1.54) is 0 Å². The minimum atomic E-state index is -2.86. The van der Waals surface area contributed by atoms with Gasteiger partial charge in [0.15, 0.2) is 9.84 Å². The van der Waals surface area contributed by atoms with Crippen molar-refractivity contribution < 1.29 is 8.42 Å². The van der Waals surface area contributed by atoms with E-state index in [1.807, 2.05) is 19.2 Å². The van der Waals surface area contributed by atoms with Crippen LogP contribution in [-0.4, -0.2) is 43.5 Å². The Morgan fingerprint density at radius 1 is 1.43 bits per heavy atom. The van der Waals surface area contributed by atoms with E-state index < -0.39 is 9.84 Å². The Kier molecular flexibility index (Phi) is 4.58. The lowest BCUT2D eigenvalue weighted by molar-refractivity contribution is 0.421.